The quantitative estimate of drug-likeness (QED) is 0.698. The summed E-state index contributed by atoms with van der Waals surface area (Å²) in [6.45, 7) is 1.99. The van der Waals surface area contributed by atoms with Gasteiger partial charge in [0.2, 0.25) is 0 Å². The summed E-state index contributed by atoms with van der Waals surface area (Å²) in [4.78, 5) is 4.24. The highest BCUT2D eigenvalue weighted by Gasteiger charge is 1.97. The van der Waals surface area contributed by atoms with Crippen molar-refractivity contribution in [2.75, 3.05) is 12.0 Å². The summed E-state index contributed by atoms with van der Waals surface area (Å²) in [5.41, 5.74) is 0. The van der Waals surface area contributed by atoms with Gasteiger partial charge in [-0.2, -0.15) is 16.1 Å². The fraction of sp³-hybridized carbons (Fsp3) is 0.667. The maximum atomic E-state index is 4.24. The van der Waals surface area contributed by atoms with Gasteiger partial charge in [-0.25, -0.2) is 4.98 Å². The minimum Gasteiger partial charge on any atom is -0.225 e. The van der Waals surface area contributed by atoms with Gasteiger partial charge in [0.05, 0.1) is 0 Å². The molecule has 0 aliphatic rings. The molecule has 0 aliphatic heterocycles. The topological polar surface area (TPSA) is 25.8 Å². The van der Waals surface area contributed by atoms with E-state index in [1.807, 2.05) is 18.7 Å². The zero-order valence-corrected chi connectivity index (χ0v) is 7.76. The van der Waals surface area contributed by atoms with E-state index >= 15 is 0 Å². The molecule has 0 radical (unpaired) electrons. The Morgan fingerprint density at radius 1 is 1.60 bits per heavy atom. The number of aryl methyl sites for hydroxylation is 2. The van der Waals surface area contributed by atoms with Gasteiger partial charge in [-0.05, 0) is 24.7 Å². The van der Waals surface area contributed by atoms with Crippen LogP contribution in [0.4, 0.5) is 0 Å². The molecule has 0 aromatic carbocycles. The van der Waals surface area contributed by atoms with E-state index < -0.39 is 0 Å². The summed E-state index contributed by atoms with van der Waals surface area (Å²) in [6, 6.07) is 0. The van der Waals surface area contributed by atoms with Gasteiger partial charge in [-0.15, -0.1) is 0 Å². The smallest absolute Gasteiger partial charge is 0.143 e. The lowest BCUT2D eigenvalue weighted by molar-refractivity contribution is 0.997. The molecule has 0 spiro atoms. The number of aromatic nitrogens is 2. The first-order valence-electron chi connectivity index (χ1n) is 3.11. The third-order valence-electron chi connectivity index (χ3n) is 1.10. The SMILES string of the molecule is CSCCc1nsc(C)n1. The molecule has 0 unspecified atom stereocenters. The summed E-state index contributed by atoms with van der Waals surface area (Å²) in [7, 11) is 0. The van der Waals surface area contributed by atoms with Crippen molar-refractivity contribution in [2.24, 2.45) is 0 Å². The molecular formula is C6H10N2S2. The molecule has 0 fully saturated rings. The number of hydrogen-bond donors (Lipinski definition) is 0. The monoisotopic (exact) mass is 174 g/mol. The van der Waals surface area contributed by atoms with Crippen molar-refractivity contribution in [3.8, 4) is 0 Å². The van der Waals surface area contributed by atoms with Gasteiger partial charge in [0.15, 0.2) is 0 Å². The second kappa shape index (κ2) is 3.93. The Morgan fingerprint density at radius 2 is 2.40 bits per heavy atom. The van der Waals surface area contributed by atoms with Gasteiger partial charge < -0.3 is 0 Å². The average molecular weight is 174 g/mol. The highest BCUT2D eigenvalue weighted by atomic mass is 32.2. The zero-order valence-electron chi connectivity index (χ0n) is 6.13. The molecule has 0 N–H and O–H groups in total. The van der Waals surface area contributed by atoms with E-state index in [1.165, 1.54) is 11.5 Å². The second-order valence-electron chi connectivity index (χ2n) is 1.97. The maximum Gasteiger partial charge on any atom is 0.143 e. The summed E-state index contributed by atoms with van der Waals surface area (Å²) >= 11 is 3.31. The molecule has 4 heteroatoms. The lowest BCUT2D eigenvalue weighted by atomic mass is 10.5. The van der Waals surface area contributed by atoms with Crippen LogP contribution in [0.25, 0.3) is 0 Å². The lowest BCUT2D eigenvalue weighted by Gasteiger charge is -1.88. The van der Waals surface area contributed by atoms with Crippen LogP contribution < -0.4 is 0 Å². The molecule has 56 valence electrons. The normalized spacial score (nSPS) is 10.2. The molecule has 1 rings (SSSR count). The fourth-order valence-corrected chi connectivity index (χ4v) is 1.54. The number of nitrogens with zero attached hydrogens (tertiary/aromatic N) is 2. The van der Waals surface area contributed by atoms with Crippen LogP contribution >= 0.6 is 23.3 Å². The van der Waals surface area contributed by atoms with Crippen molar-refractivity contribution in [3.63, 3.8) is 0 Å². The summed E-state index contributed by atoms with van der Waals surface area (Å²) in [5, 5.41) is 1.07. The van der Waals surface area contributed by atoms with Crippen molar-refractivity contribution in [3.05, 3.63) is 10.8 Å². The van der Waals surface area contributed by atoms with E-state index in [4.69, 9.17) is 0 Å². The summed E-state index contributed by atoms with van der Waals surface area (Å²) in [5.74, 6) is 2.12. The van der Waals surface area contributed by atoms with Crippen molar-refractivity contribution in [1.82, 2.24) is 9.36 Å². The number of hydrogen-bond acceptors (Lipinski definition) is 4. The molecule has 1 heterocycles. The molecule has 1 aromatic heterocycles. The Morgan fingerprint density at radius 3 is 2.90 bits per heavy atom. The van der Waals surface area contributed by atoms with E-state index in [0.29, 0.717) is 0 Å². The highest BCUT2D eigenvalue weighted by molar-refractivity contribution is 7.98. The Balaban J connectivity index is 2.42. The van der Waals surface area contributed by atoms with Crippen molar-refractivity contribution in [1.29, 1.82) is 0 Å². The molecule has 0 atom stereocenters. The van der Waals surface area contributed by atoms with Crippen LogP contribution in [0.3, 0.4) is 0 Å². The molecule has 2 nitrogen and oxygen atoms in total. The highest BCUT2D eigenvalue weighted by Crippen LogP contribution is 2.04. The van der Waals surface area contributed by atoms with Crippen LogP contribution in [0.5, 0.6) is 0 Å². The molecule has 1 aromatic rings. The maximum absolute atomic E-state index is 4.24. The van der Waals surface area contributed by atoms with E-state index in [9.17, 15) is 0 Å². The van der Waals surface area contributed by atoms with Gasteiger partial charge in [-0.1, -0.05) is 0 Å². The standard InChI is InChI=1S/C6H10N2S2/c1-5-7-6(8-10-5)3-4-9-2/h3-4H2,1-2H3. The van der Waals surface area contributed by atoms with E-state index in [-0.39, 0.29) is 0 Å². The minimum absolute atomic E-state index is 0.997. The Bertz CT molecular complexity index is 197. The molecule has 0 saturated carbocycles. The van der Waals surface area contributed by atoms with Crippen LogP contribution in [0.2, 0.25) is 0 Å². The molecular weight excluding hydrogens is 164 g/mol. The van der Waals surface area contributed by atoms with E-state index in [1.54, 1.807) is 0 Å². The van der Waals surface area contributed by atoms with Gasteiger partial charge >= 0.3 is 0 Å². The van der Waals surface area contributed by atoms with Crippen molar-refractivity contribution in [2.45, 2.75) is 13.3 Å². The van der Waals surface area contributed by atoms with Crippen LogP contribution in [0.15, 0.2) is 0 Å². The van der Waals surface area contributed by atoms with Gasteiger partial charge in [-0.3, -0.25) is 0 Å². The fourth-order valence-electron chi connectivity index (χ4n) is 0.636. The minimum atomic E-state index is 0.997. The first kappa shape index (κ1) is 8.01. The second-order valence-corrected chi connectivity index (χ2v) is 3.91. The first-order valence-corrected chi connectivity index (χ1v) is 5.28. The molecule has 10 heavy (non-hydrogen) atoms. The number of thioether (sulfide) groups is 1. The average Bonchev–Trinajstić information content (AvgIpc) is 2.31. The lowest BCUT2D eigenvalue weighted by Crippen LogP contribution is -1.89. The predicted molar refractivity (Wildman–Crippen MR) is 46.7 cm³/mol. The van der Waals surface area contributed by atoms with Crippen molar-refractivity contribution < 1.29 is 0 Å². The third-order valence-corrected chi connectivity index (χ3v) is 2.37. The molecule has 0 aliphatic carbocycles. The van der Waals surface area contributed by atoms with Crippen LogP contribution in [-0.4, -0.2) is 21.4 Å². The van der Waals surface area contributed by atoms with Crippen LogP contribution in [-0.2, 0) is 6.42 Å². The Kier molecular flexibility index (Phi) is 3.15. The predicted octanol–water partition coefficient (Wildman–Crippen LogP) is 1.75. The first-order chi connectivity index (χ1) is 4.83. The van der Waals surface area contributed by atoms with Crippen LogP contribution in [0, 0.1) is 6.92 Å². The zero-order chi connectivity index (χ0) is 7.40. The molecule has 0 amide bonds. The van der Waals surface area contributed by atoms with E-state index in [0.717, 1.165) is 23.0 Å². The Hall–Kier alpha value is -0.0900. The third kappa shape index (κ3) is 2.27. The Labute approximate surface area is 69.2 Å². The number of rotatable bonds is 3. The van der Waals surface area contributed by atoms with Crippen LogP contribution in [0.1, 0.15) is 10.8 Å². The van der Waals surface area contributed by atoms with Crippen molar-refractivity contribution >= 4 is 23.3 Å². The molecule has 0 bridgehead atoms. The van der Waals surface area contributed by atoms with Gasteiger partial charge in [0.25, 0.3) is 0 Å². The van der Waals surface area contributed by atoms with Gasteiger partial charge in [0.1, 0.15) is 10.8 Å². The van der Waals surface area contributed by atoms with Gasteiger partial charge in [0, 0.05) is 12.2 Å². The molecule has 0 saturated heterocycles. The summed E-state index contributed by atoms with van der Waals surface area (Å²) in [6.07, 6.45) is 3.10. The largest absolute Gasteiger partial charge is 0.225 e. The van der Waals surface area contributed by atoms with E-state index in [2.05, 4.69) is 15.6 Å². The summed E-state index contributed by atoms with van der Waals surface area (Å²) < 4.78 is 4.17.